The molecule has 29 heavy (non-hydrogen) atoms. The summed E-state index contributed by atoms with van der Waals surface area (Å²) >= 11 is 0. The van der Waals surface area contributed by atoms with E-state index in [9.17, 15) is 13.2 Å². The molecule has 0 bridgehead atoms. The van der Waals surface area contributed by atoms with Gasteiger partial charge >= 0.3 is 0 Å². The first-order chi connectivity index (χ1) is 14.0. The molecule has 1 aliphatic carbocycles. The first kappa shape index (κ1) is 19.9. The van der Waals surface area contributed by atoms with Crippen molar-refractivity contribution in [3.05, 3.63) is 59.7 Å². The third-order valence-corrected chi connectivity index (χ3v) is 6.95. The van der Waals surface area contributed by atoms with E-state index < -0.39 is 10.0 Å². The number of rotatable bonds is 8. The van der Waals surface area contributed by atoms with E-state index in [1.807, 2.05) is 12.1 Å². The number of anilines is 1. The first-order valence-corrected chi connectivity index (χ1v) is 11.7. The Morgan fingerprint density at radius 2 is 1.76 bits per heavy atom. The van der Waals surface area contributed by atoms with E-state index in [2.05, 4.69) is 27.1 Å². The van der Waals surface area contributed by atoms with Gasteiger partial charge in [0.05, 0.1) is 4.90 Å². The van der Waals surface area contributed by atoms with Gasteiger partial charge in [-0.15, -0.1) is 0 Å². The van der Waals surface area contributed by atoms with Crippen LogP contribution < -0.4 is 14.9 Å². The van der Waals surface area contributed by atoms with E-state index in [4.69, 9.17) is 0 Å². The number of amides is 1. The van der Waals surface area contributed by atoms with Crippen LogP contribution in [0, 0.1) is 5.92 Å². The molecule has 0 spiro atoms. The van der Waals surface area contributed by atoms with Crippen LogP contribution in [-0.2, 0) is 16.6 Å². The van der Waals surface area contributed by atoms with Crippen LogP contribution in [0.3, 0.4) is 0 Å². The Balaban J connectivity index is 1.35. The van der Waals surface area contributed by atoms with Gasteiger partial charge in [-0.2, -0.15) is 0 Å². The number of sulfonamides is 1. The zero-order chi connectivity index (χ0) is 20.3. The highest BCUT2D eigenvalue weighted by Gasteiger charge is 2.24. The summed E-state index contributed by atoms with van der Waals surface area (Å²) in [5.74, 6) is 0.168. The minimum Gasteiger partial charge on any atom is -0.372 e. The van der Waals surface area contributed by atoms with E-state index in [1.54, 1.807) is 12.1 Å². The van der Waals surface area contributed by atoms with Crippen LogP contribution in [0.5, 0.6) is 0 Å². The molecule has 1 saturated carbocycles. The molecule has 4 rings (SSSR count). The van der Waals surface area contributed by atoms with Crippen LogP contribution in [0.25, 0.3) is 0 Å². The molecule has 2 aromatic carbocycles. The molecule has 2 N–H and O–H groups in total. The Morgan fingerprint density at radius 1 is 1.03 bits per heavy atom. The number of hydrogen-bond donors (Lipinski definition) is 2. The van der Waals surface area contributed by atoms with E-state index in [0.717, 1.165) is 31.5 Å². The molecular weight excluding hydrogens is 386 g/mol. The minimum absolute atomic E-state index is 0.126. The fourth-order valence-electron chi connectivity index (χ4n) is 3.52. The van der Waals surface area contributed by atoms with Crippen LogP contribution in [-0.4, -0.2) is 34.0 Å². The van der Waals surface area contributed by atoms with Crippen molar-refractivity contribution in [1.29, 1.82) is 0 Å². The molecule has 0 unspecified atom stereocenters. The third-order valence-electron chi connectivity index (χ3n) is 5.53. The standard InChI is InChI=1S/C22H27N3O3S/c26-22(23-15-17-8-10-20(11-9-17)25-12-1-2-13-25)19-4-3-5-21(14-19)29(27,28)24-16-18-6-7-18/h3-5,8-11,14,18,24H,1-2,6-7,12-13,15-16H2,(H,23,26). The first-order valence-electron chi connectivity index (χ1n) is 10.2. The van der Waals surface area contributed by atoms with Crippen molar-refractivity contribution in [1.82, 2.24) is 10.0 Å². The van der Waals surface area contributed by atoms with Gasteiger partial charge in [-0.1, -0.05) is 18.2 Å². The Bertz CT molecular complexity index is 963. The molecule has 6 nitrogen and oxygen atoms in total. The lowest BCUT2D eigenvalue weighted by Crippen LogP contribution is -2.27. The van der Waals surface area contributed by atoms with Crippen molar-refractivity contribution in [3.8, 4) is 0 Å². The molecule has 1 aliphatic heterocycles. The number of carbonyl (C=O) groups excluding carboxylic acids is 1. The molecule has 2 aromatic rings. The molecular formula is C22H27N3O3S. The summed E-state index contributed by atoms with van der Waals surface area (Å²) in [4.78, 5) is 15.0. The quantitative estimate of drug-likeness (QED) is 0.698. The van der Waals surface area contributed by atoms with E-state index in [-0.39, 0.29) is 10.8 Å². The number of nitrogens with zero attached hydrogens (tertiary/aromatic N) is 1. The van der Waals surface area contributed by atoms with Gasteiger partial charge in [0, 0.05) is 37.4 Å². The Hall–Kier alpha value is -2.38. The van der Waals surface area contributed by atoms with Crippen molar-refractivity contribution in [2.45, 2.75) is 37.1 Å². The maximum atomic E-state index is 12.5. The SMILES string of the molecule is O=C(NCc1ccc(N2CCCC2)cc1)c1cccc(S(=O)(=O)NCC2CC2)c1. The van der Waals surface area contributed by atoms with Gasteiger partial charge in [-0.3, -0.25) is 4.79 Å². The van der Waals surface area contributed by atoms with E-state index >= 15 is 0 Å². The Morgan fingerprint density at radius 3 is 2.45 bits per heavy atom. The summed E-state index contributed by atoms with van der Waals surface area (Å²) in [6.45, 7) is 3.07. The lowest BCUT2D eigenvalue weighted by Gasteiger charge is -2.17. The smallest absolute Gasteiger partial charge is 0.251 e. The van der Waals surface area contributed by atoms with Crippen molar-refractivity contribution in [3.63, 3.8) is 0 Å². The van der Waals surface area contributed by atoms with Gasteiger partial charge in [-0.25, -0.2) is 13.1 Å². The topological polar surface area (TPSA) is 78.5 Å². The Kier molecular flexibility index (Phi) is 5.87. The molecule has 1 heterocycles. The molecule has 0 atom stereocenters. The van der Waals surface area contributed by atoms with Gasteiger partial charge in [0.1, 0.15) is 0 Å². The van der Waals surface area contributed by atoms with Gasteiger partial charge in [0.2, 0.25) is 10.0 Å². The van der Waals surface area contributed by atoms with Crippen molar-refractivity contribution < 1.29 is 13.2 Å². The van der Waals surface area contributed by atoms with E-state index in [0.29, 0.717) is 24.6 Å². The van der Waals surface area contributed by atoms with Crippen molar-refractivity contribution in [2.75, 3.05) is 24.5 Å². The second-order valence-corrected chi connectivity index (χ2v) is 9.63. The summed E-state index contributed by atoms with van der Waals surface area (Å²) in [6, 6.07) is 14.4. The van der Waals surface area contributed by atoms with E-state index in [1.165, 1.54) is 30.7 Å². The lowest BCUT2D eigenvalue weighted by atomic mass is 10.1. The molecule has 2 fully saturated rings. The van der Waals surface area contributed by atoms with Crippen molar-refractivity contribution >= 4 is 21.6 Å². The van der Waals surface area contributed by atoms with Crippen LogP contribution in [0.2, 0.25) is 0 Å². The summed E-state index contributed by atoms with van der Waals surface area (Å²) < 4.78 is 27.5. The number of benzene rings is 2. The second-order valence-electron chi connectivity index (χ2n) is 7.87. The van der Waals surface area contributed by atoms with Gasteiger partial charge < -0.3 is 10.2 Å². The summed E-state index contributed by atoms with van der Waals surface area (Å²) in [7, 11) is -3.59. The molecule has 0 aromatic heterocycles. The number of hydrogen-bond acceptors (Lipinski definition) is 4. The molecule has 154 valence electrons. The average molecular weight is 414 g/mol. The highest BCUT2D eigenvalue weighted by molar-refractivity contribution is 7.89. The monoisotopic (exact) mass is 413 g/mol. The predicted octanol–water partition coefficient (Wildman–Crippen LogP) is 2.91. The van der Waals surface area contributed by atoms with Gasteiger partial charge in [-0.05, 0) is 67.5 Å². The fraction of sp³-hybridized carbons (Fsp3) is 0.409. The molecule has 1 saturated heterocycles. The number of carbonyl (C=O) groups is 1. The largest absolute Gasteiger partial charge is 0.372 e. The van der Waals surface area contributed by atoms with Crippen LogP contribution in [0.15, 0.2) is 53.4 Å². The molecule has 1 amide bonds. The Labute approximate surface area is 172 Å². The van der Waals surface area contributed by atoms with Crippen LogP contribution >= 0.6 is 0 Å². The van der Waals surface area contributed by atoms with Gasteiger partial charge in [0.25, 0.3) is 5.91 Å². The summed E-state index contributed by atoms with van der Waals surface area (Å²) in [5, 5.41) is 2.88. The zero-order valence-corrected chi connectivity index (χ0v) is 17.2. The molecule has 2 aliphatic rings. The van der Waals surface area contributed by atoms with Crippen LogP contribution in [0.4, 0.5) is 5.69 Å². The second kappa shape index (κ2) is 8.55. The van der Waals surface area contributed by atoms with Gasteiger partial charge in [0.15, 0.2) is 0 Å². The fourth-order valence-corrected chi connectivity index (χ4v) is 4.68. The molecule has 0 radical (unpaired) electrons. The third kappa shape index (κ3) is 5.16. The highest BCUT2D eigenvalue weighted by Crippen LogP contribution is 2.28. The number of nitrogens with one attached hydrogen (secondary N) is 2. The van der Waals surface area contributed by atoms with Crippen LogP contribution in [0.1, 0.15) is 41.6 Å². The van der Waals surface area contributed by atoms with Crippen molar-refractivity contribution in [2.24, 2.45) is 5.92 Å². The average Bonchev–Trinajstić information content (AvgIpc) is 3.42. The molecule has 7 heteroatoms. The maximum absolute atomic E-state index is 12.5. The predicted molar refractivity (Wildman–Crippen MR) is 113 cm³/mol. The highest BCUT2D eigenvalue weighted by atomic mass is 32.2. The minimum atomic E-state index is -3.59. The lowest BCUT2D eigenvalue weighted by molar-refractivity contribution is 0.0950. The normalized spacial score (nSPS) is 16.8. The summed E-state index contributed by atoms with van der Waals surface area (Å²) in [5.41, 5.74) is 2.57. The maximum Gasteiger partial charge on any atom is 0.251 e. The zero-order valence-electron chi connectivity index (χ0n) is 16.4. The summed E-state index contributed by atoms with van der Waals surface area (Å²) in [6.07, 6.45) is 4.62.